The van der Waals surface area contributed by atoms with Crippen LogP contribution in [-0.2, 0) is 4.79 Å². The lowest BCUT2D eigenvalue weighted by molar-refractivity contribution is -0.115. The Labute approximate surface area is 128 Å². The van der Waals surface area contributed by atoms with Gasteiger partial charge in [-0.15, -0.1) is 0 Å². The van der Waals surface area contributed by atoms with E-state index in [1.54, 1.807) is 6.26 Å². The lowest BCUT2D eigenvalue weighted by atomic mass is 9.81. The van der Waals surface area contributed by atoms with E-state index in [9.17, 15) is 4.79 Å². The van der Waals surface area contributed by atoms with E-state index >= 15 is 0 Å². The molecule has 1 aromatic heterocycles. The van der Waals surface area contributed by atoms with Crippen LogP contribution in [0.15, 0.2) is 63.3 Å². The largest absolute Gasteiger partial charge is 0.469 e. The maximum absolute atomic E-state index is 12.6. The predicted molar refractivity (Wildman–Crippen MR) is 85.5 cm³/mol. The van der Waals surface area contributed by atoms with E-state index in [-0.39, 0.29) is 11.7 Å². The van der Waals surface area contributed by atoms with Crippen molar-refractivity contribution in [2.45, 2.75) is 25.7 Å². The molecule has 1 aliphatic carbocycles. The van der Waals surface area contributed by atoms with Gasteiger partial charge in [0, 0.05) is 24.5 Å². The monoisotopic (exact) mass is 292 g/mol. The van der Waals surface area contributed by atoms with Crippen LogP contribution in [0.2, 0.25) is 0 Å². The van der Waals surface area contributed by atoms with Crippen molar-refractivity contribution in [3.05, 3.63) is 59.7 Å². The summed E-state index contributed by atoms with van der Waals surface area (Å²) in [6.07, 6.45) is 2.85. The summed E-state index contributed by atoms with van der Waals surface area (Å²) in [5, 5.41) is 3.32. The van der Waals surface area contributed by atoms with Gasteiger partial charge in [0.2, 0.25) is 0 Å². The van der Waals surface area contributed by atoms with Crippen LogP contribution in [0.1, 0.15) is 31.4 Å². The molecule has 1 unspecified atom stereocenters. The molecular formula is C18H16N2O2. The molecule has 2 aromatic rings. The van der Waals surface area contributed by atoms with Crippen LogP contribution in [0.3, 0.4) is 0 Å². The third kappa shape index (κ3) is 2.08. The number of hydrogen-bond acceptors (Lipinski definition) is 4. The number of hydrogen-bond donors (Lipinski definition) is 1. The van der Waals surface area contributed by atoms with Crippen molar-refractivity contribution in [3.63, 3.8) is 0 Å². The molecule has 22 heavy (non-hydrogen) atoms. The molecule has 4 rings (SSSR count). The molecule has 0 spiro atoms. The van der Waals surface area contributed by atoms with Gasteiger partial charge in [-0.05, 0) is 31.2 Å². The van der Waals surface area contributed by atoms with Crippen molar-refractivity contribution >= 4 is 22.9 Å². The molecule has 1 saturated carbocycles. The number of fused-ring (bicyclic) bond motifs is 2. The van der Waals surface area contributed by atoms with E-state index in [1.165, 1.54) is 0 Å². The highest BCUT2D eigenvalue weighted by Gasteiger charge is 2.33. The molecule has 1 atom stereocenters. The van der Waals surface area contributed by atoms with Gasteiger partial charge in [-0.25, -0.2) is 0 Å². The van der Waals surface area contributed by atoms with Gasteiger partial charge >= 0.3 is 0 Å². The van der Waals surface area contributed by atoms with Crippen LogP contribution >= 0.6 is 0 Å². The molecule has 1 fully saturated rings. The van der Waals surface area contributed by atoms with Crippen LogP contribution in [0.25, 0.3) is 0 Å². The summed E-state index contributed by atoms with van der Waals surface area (Å²) in [6.45, 7) is 1.94. The first kappa shape index (κ1) is 13.1. The highest BCUT2D eigenvalue weighted by Crippen LogP contribution is 2.38. The summed E-state index contributed by atoms with van der Waals surface area (Å²) < 4.78 is 5.49. The molecule has 2 aliphatic rings. The lowest BCUT2D eigenvalue weighted by Crippen LogP contribution is -2.26. The molecule has 0 bridgehead atoms. The SMILES string of the molecule is CC1=C2C(=O)CC(c3ccco3)CC2=Nc2ccccc2N1. The van der Waals surface area contributed by atoms with Gasteiger partial charge in [0.25, 0.3) is 0 Å². The van der Waals surface area contributed by atoms with Gasteiger partial charge in [-0.3, -0.25) is 9.79 Å². The van der Waals surface area contributed by atoms with Gasteiger partial charge in [0.05, 0.1) is 28.9 Å². The zero-order chi connectivity index (χ0) is 15.1. The average Bonchev–Trinajstić information content (AvgIpc) is 2.98. The van der Waals surface area contributed by atoms with Crippen molar-refractivity contribution in [1.82, 2.24) is 0 Å². The third-order valence-electron chi connectivity index (χ3n) is 4.24. The number of carbonyl (C=O) groups excluding carboxylic acids is 1. The second-order valence-corrected chi connectivity index (χ2v) is 5.74. The summed E-state index contributed by atoms with van der Waals surface area (Å²) in [7, 11) is 0. The Bertz CT molecular complexity index is 800. The molecule has 1 N–H and O–H groups in total. The number of anilines is 1. The molecular weight excluding hydrogens is 276 g/mol. The van der Waals surface area contributed by atoms with Gasteiger partial charge in [0.1, 0.15) is 5.76 Å². The second-order valence-electron chi connectivity index (χ2n) is 5.74. The number of ketones is 1. The predicted octanol–water partition coefficient (Wildman–Crippen LogP) is 4.20. The Morgan fingerprint density at radius 2 is 2.05 bits per heavy atom. The fourth-order valence-electron chi connectivity index (χ4n) is 3.23. The van der Waals surface area contributed by atoms with Crippen LogP contribution in [0, 0.1) is 0 Å². The summed E-state index contributed by atoms with van der Waals surface area (Å²) >= 11 is 0. The number of aliphatic imine (C=N–C) groups is 1. The van der Waals surface area contributed by atoms with E-state index in [1.807, 2.05) is 43.3 Å². The first-order valence-electron chi connectivity index (χ1n) is 7.44. The number of Topliss-reactive ketones (excluding diaryl/α,β-unsaturated/α-hetero) is 1. The Morgan fingerprint density at radius 3 is 2.86 bits per heavy atom. The Balaban J connectivity index is 1.81. The number of para-hydroxylation sites is 2. The molecule has 1 aromatic carbocycles. The molecule has 110 valence electrons. The zero-order valence-corrected chi connectivity index (χ0v) is 12.3. The normalized spacial score (nSPS) is 20.7. The average molecular weight is 292 g/mol. The number of furan rings is 1. The molecule has 1 aliphatic heterocycles. The van der Waals surface area contributed by atoms with Crippen molar-refractivity contribution in [2.24, 2.45) is 4.99 Å². The Hall–Kier alpha value is -2.62. The van der Waals surface area contributed by atoms with E-state index in [2.05, 4.69) is 5.32 Å². The molecule has 0 amide bonds. The number of allylic oxidation sites excluding steroid dienone is 2. The fourth-order valence-corrected chi connectivity index (χ4v) is 3.23. The molecule has 2 heterocycles. The van der Waals surface area contributed by atoms with Crippen molar-refractivity contribution < 1.29 is 9.21 Å². The summed E-state index contributed by atoms with van der Waals surface area (Å²) in [5.74, 6) is 1.06. The molecule has 0 saturated heterocycles. The van der Waals surface area contributed by atoms with Gasteiger partial charge < -0.3 is 9.73 Å². The minimum atomic E-state index is 0.0723. The minimum absolute atomic E-state index is 0.0723. The first-order valence-corrected chi connectivity index (χ1v) is 7.44. The van der Waals surface area contributed by atoms with Gasteiger partial charge in [-0.2, -0.15) is 0 Å². The maximum atomic E-state index is 12.6. The lowest BCUT2D eigenvalue weighted by Gasteiger charge is -2.23. The summed E-state index contributed by atoms with van der Waals surface area (Å²) in [5.41, 5.74) is 4.29. The van der Waals surface area contributed by atoms with Gasteiger partial charge in [-0.1, -0.05) is 12.1 Å². The maximum Gasteiger partial charge on any atom is 0.167 e. The minimum Gasteiger partial charge on any atom is -0.469 e. The number of nitrogens with zero attached hydrogens (tertiary/aromatic N) is 1. The third-order valence-corrected chi connectivity index (χ3v) is 4.24. The molecule has 0 radical (unpaired) electrons. The summed E-state index contributed by atoms with van der Waals surface area (Å²) in [6, 6.07) is 11.7. The van der Waals surface area contributed by atoms with Gasteiger partial charge in [0.15, 0.2) is 5.78 Å². The van der Waals surface area contributed by atoms with Crippen molar-refractivity contribution in [1.29, 1.82) is 0 Å². The van der Waals surface area contributed by atoms with Crippen LogP contribution in [0.5, 0.6) is 0 Å². The molecule has 4 heteroatoms. The Morgan fingerprint density at radius 1 is 1.18 bits per heavy atom. The zero-order valence-electron chi connectivity index (χ0n) is 12.3. The number of benzene rings is 1. The van der Waals surface area contributed by atoms with E-state index in [4.69, 9.17) is 9.41 Å². The Kier molecular flexibility index (Phi) is 2.96. The van der Waals surface area contributed by atoms with Crippen LogP contribution < -0.4 is 5.32 Å². The highest BCUT2D eigenvalue weighted by molar-refractivity contribution is 6.26. The number of nitrogens with one attached hydrogen (secondary N) is 1. The quantitative estimate of drug-likeness (QED) is 0.857. The van der Waals surface area contributed by atoms with E-state index in [0.29, 0.717) is 6.42 Å². The van der Waals surface area contributed by atoms with Crippen LogP contribution in [0.4, 0.5) is 11.4 Å². The first-order chi connectivity index (χ1) is 10.7. The van der Waals surface area contributed by atoms with E-state index in [0.717, 1.165) is 40.5 Å². The summed E-state index contributed by atoms with van der Waals surface area (Å²) in [4.78, 5) is 17.4. The van der Waals surface area contributed by atoms with E-state index < -0.39 is 0 Å². The topological polar surface area (TPSA) is 54.6 Å². The smallest absolute Gasteiger partial charge is 0.167 e. The standard InChI is InChI=1S/C18H16N2O2/c1-11-18-15(20-14-6-3-2-5-13(14)19-11)9-12(10-16(18)21)17-7-4-8-22-17/h2-8,12,19H,9-10H2,1H3. The fraction of sp³-hybridized carbons (Fsp3) is 0.222. The highest BCUT2D eigenvalue weighted by atomic mass is 16.3. The number of rotatable bonds is 1. The second kappa shape index (κ2) is 4.98. The number of carbonyl (C=O) groups is 1. The van der Waals surface area contributed by atoms with Crippen molar-refractivity contribution in [2.75, 3.05) is 5.32 Å². The van der Waals surface area contributed by atoms with Crippen LogP contribution in [-0.4, -0.2) is 11.5 Å². The van der Waals surface area contributed by atoms with Crippen molar-refractivity contribution in [3.8, 4) is 0 Å². The molecule has 4 nitrogen and oxygen atoms in total.